The van der Waals surface area contributed by atoms with Crippen LogP contribution in [0.15, 0.2) is 51.8 Å². The summed E-state index contributed by atoms with van der Waals surface area (Å²) in [5.41, 5.74) is 2.46. The minimum atomic E-state index is -0.117. The average molecular weight is 322 g/mol. The average Bonchev–Trinajstić information content (AvgIpc) is 2.33. The summed E-state index contributed by atoms with van der Waals surface area (Å²) < 4.78 is 0.998. The predicted molar refractivity (Wildman–Crippen MR) is 80.5 cm³/mol. The number of thiol groups is 1. The number of carbonyl (C=O) groups is 1. The van der Waals surface area contributed by atoms with Crippen LogP contribution in [-0.2, 0) is 0 Å². The van der Waals surface area contributed by atoms with Gasteiger partial charge in [-0.15, -0.1) is 12.6 Å². The number of aryl methyl sites for hydroxylation is 1. The van der Waals surface area contributed by atoms with Gasteiger partial charge in [0.15, 0.2) is 0 Å². The third kappa shape index (κ3) is 3.15. The van der Waals surface area contributed by atoms with E-state index in [1.165, 1.54) is 0 Å². The highest BCUT2D eigenvalue weighted by Gasteiger charge is 2.07. The predicted octanol–water partition coefficient (Wildman–Crippen LogP) is 4.30. The van der Waals surface area contributed by atoms with Crippen molar-refractivity contribution in [2.75, 3.05) is 5.32 Å². The van der Waals surface area contributed by atoms with Crippen molar-refractivity contribution in [1.82, 2.24) is 0 Å². The fourth-order valence-corrected chi connectivity index (χ4v) is 2.20. The second kappa shape index (κ2) is 5.59. The van der Waals surface area contributed by atoms with E-state index in [1.807, 2.05) is 25.1 Å². The molecule has 18 heavy (non-hydrogen) atoms. The Morgan fingerprint density at radius 1 is 1.17 bits per heavy atom. The van der Waals surface area contributed by atoms with Crippen LogP contribution in [0.3, 0.4) is 0 Å². The van der Waals surface area contributed by atoms with E-state index in [0.29, 0.717) is 5.56 Å². The van der Waals surface area contributed by atoms with E-state index in [2.05, 4.69) is 33.9 Å². The van der Waals surface area contributed by atoms with Crippen LogP contribution in [0, 0.1) is 6.92 Å². The van der Waals surface area contributed by atoms with E-state index in [-0.39, 0.29) is 5.91 Å². The number of rotatable bonds is 2. The molecule has 2 aromatic rings. The summed E-state index contributed by atoms with van der Waals surface area (Å²) in [5.74, 6) is -0.117. The molecule has 0 radical (unpaired) electrons. The zero-order chi connectivity index (χ0) is 13.1. The quantitative estimate of drug-likeness (QED) is 0.793. The Hall–Kier alpha value is -1.26. The van der Waals surface area contributed by atoms with Gasteiger partial charge < -0.3 is 5.32 Å². The highest BCUT2D eigenvalue weighted by molar-refractivity contribution is 9.10. The maximum atomic E-state index is 12.0. The number of benzene rings is 2. The molecule has 0 bridgehead atoms. The summed E-state index contributed by atoms with van der Waals surface area (Å²) in [7, 11) is 0. The fourth-order valence-electron chi connectivity index (χ4n) is 1.57. The van der Waals surface area contributed by atoms with Crippen LogP contribution >= 0.6 is 28.6 Å². The van der Waals surface area contributed by atoms with Gasteiger partial charge in [-0.1, -0.05) is 15.9 Å². The molecule has 0 saturated carbocycles. The van der Waals surface area contributed by atoms with Crippen molar-refractivity contribution in [2.24, 2.45) is 0 Å². The van der Waals surface area contributed by atoms with Crippen LogP contribution in [0.5, 0.6) is 0 Å². The lowest BCUT2D eigenvalue weighted by molar-refractivity contribution is 0.102. The Bertz CT molecular complexity index is 581. The van der Waals surface area contributed by atoms with Gasteiger partial charge in [0.25, 0.3) is 5.91 Å². The van der Waals surface area contributed by atoms with Crippen molar-refractivity contribution in [1.29, 1.82) is 0 Å². The summed E-state index contributed by atoms with van der Waals surface area (Å²) in [6.45, 7) is 1.96. The molecule has 1 N–H and O–H groups in total. The fraction of sp³-hybridized carbons (Fsp3) is 0.0714. The molecule has 2 aromatic carbocycles. The Morgan fingerprint density at radius 3 is 2.44 bits per heavy atom. The van der Waals surface area contributed by atoms with Crippen molar-refractivity contribution >= 4 is 40.2 Å². The summed E-state index contributed by atoms with van der Waals surface area (Å²) >= 11 is 7.58. The van der Waals surface area contributed by atoms with E-state index in [4.69, 9.17) is 0 Å². The van der Waals surface area contributed by atoms with Gasteiger partial charge in [0.05, 0.1) is 0 Å². The second-order valence-corrected chi connectivity index (χ2v) is 5.39. The number of amides is 1. The van der Waals surface area contributed by atoms with Gasteiger partial charge in [-0.25, -0.2) is 0 Å². The number of nitrogens with one attached hydrogen (secondary N) is 1. The molecule has 2 nitrogen and oxygen atoms in total. The molecule has 4 heteroatoms. The van der Waals surface area contributed by atoms with Gasteiger partial charge in [-0.3, -0.25) is 4.79 Å². The first-order valence-corrected chi connectivity index (χ1v) is 6.67. The lowest BCUT2D eigenvalue weighted by atomic mass is 10.1. The number of hydrogen-bond donors (Lipinski definition) is 2. The minimum absolute atomic E-state index is 0.117. The Morgan fingerprint density at radius 2 is 1.83 bits per heavy atom. The lowest BCUT2D eigenvalue weighted by Crippen LogP contribution is -2.12. The van der Waals surface area contributed by atoms with Crippen LogP contribution < -0.4 is 5.32 Å². The first kappa shape index (κ1) is 13.2. The van der Waals surface area contributed by atoms with E-state index in [9.17, 15) is 4.79 Å². The van der Waals surface area contributed by atoms with Crippen LogP contribution in [-0.4, -0.2) is 5.91 Å². The molecule has 92 valence electrons. The molecule has 1 amide bonds. The van der Waals surface area contributed by atoms with Crippen LogP contribution in [0.1, 0.15) is 15.9 Å². The van der Waals surface area contributed by atoms with Crippen molar-refractivity contribution in [3.05, 3.63) is 58.1 Å². The standard InChI is InChI=1S/C14H12BrNOS/c1-9-8-11(15)4-7-13(9)16-14(17)10-2-5-12(18)6-3-10/h2-8,18H,1H3,(H,16,17). The van der Waals surface area contributed by atoms with Gasteiger partial charge in [0.1, 0.15) is 0 Å². The maximum absolute atomic E-state index is 12.0. The van der Waals surface area contributed by atoms with Crippen molar-refractivity contribution in [2.45, 2.75) is 11.8 Å². The van der Waals surface area contributed by atoms with Crippen molar-refractivity contribution < 1.29 is 4.79 Å². The molecule has 0 heterocycles. The molecule has 0 aromatic heterocycles. The summed E-state index contributed by atoms with van der Waals surface area (Å²) in [6, 6.07) is 12.9. The van der Waals surface area contributed by atoms with Crippen LogP contribution in [0.25, 0.3) is 0 Å². The summed E-state index contributed by atoms with van der Waals surface area (Å²) in [4.78, 5) is 12.9. The number of hydrogen-bond acceptors (Lipinski definition) is 2. The molecule has 0 aliphatic rings. The minimum Gasteiger partial charge on any atom is -0.322 e. The SMILES string of the molecule is Cc1cc(Br)ccc1NC(=O)c1ccc(S)cc1. The highest BCUT2D eigenvalue weighted by atomic mass is 79.9. The normalized spacial score (nSPS) is 10.2. The van der Waals surface area contributed by atoms with E-state index in [1.54, 1.807) is 24.3 Å². The van der Waals surface area contributed by atoms with Crippen LogP contribution in [0.4, 0.5) is 5.69 Å². The maximum Gasteiger partial charge on any atom is 0.255 e. The molecular weight excluding hydrogens is 310 g/mol. The Balaban J connectivity index is 2.18. The number of anilines is 1. The third-order valence-electron chi connectivity index (χ3n) is 2.57. The van der Waals surface area contributed by atoms with E-state index >= 15 is 0 Å². The molecule has 0 atom stereocenters. The molecule has 0 fully saturated rings. The Labute approximate surface area is 120 Å². The lowest BCUT2D eigenvalue weighted by Gasteiger charge is -2.08. The number of halogens is 1. The zero-order valence-corrected chi connectivity index (χ0v) is 12.3. The molecule has 0 aliphatic carbocycles. The molecule has 0 unspecified atom stereocenters. The van der Waals surface area contributed by atoms with Crippen molar-refractivity contribution in [3.63, 3.8) is 0 Å². The highest BCUT2D eigenvalue weighted by Crippen LogP contribution is 2.20. The largest absolute Gasteiger partial charge is 0.322 e. The molecular formula is C14H12BrNOS. The zero-order valence-electron chi connectivity index (χ0n) is 9.77. The van der Waals surface area contributed by atoms with Gasteiger partial charge in [-0.05, 0) is 55.0 Å². The molecule has 0 spiro atoms. The van der Waals surface area contributed by atoms with Gasteiger partial charge >= 0.3 is 0 Å². The second-order valence-electron chi connectivity index (χ2n) is 3.96. The van der Waals surface area contributed by atoms with E-state index < -0.39 is 0 Å². The van der Waals surface area contributed by atoms with E-state index in [0.717, 1.165) is 20.6 Å². The van der Waals surface area contributed by atoms with Gasteiger partial charge in [0.2, 0.25) is 0 Å². The number of carbonyl (C=O) groups excluding carboxylic acids is 1. The monoisotopic (exact) mass is 321 g/mol. The van der Waals surface area contributed by atoms with Gasteiger partial charge in [-0.2, -0.15) is 0 Å². The molecule has 2 rings (SSSR count). The summed E-state index contributed by atoms with van der Waals surface area (Å²) in [6.07, 6.45) is 0. The first-order valence-electron chi connectivity index (χ1n) is 5.43. The molecule has 0 aliphatic heterocycles. The summed E-state index contributed by atoms with van der Waals surface area (Å²) in [5, 5.41) is 2.89. The van der Waals surface area contributed by atoms with Gasteiger partial charge in [0, 0.05) is 20.6 Å². The smallest absolute Gasteiger partial charge is 0.255 e. The van der Waals surface area contributed by atoms with Crippen molar-refractivity contribution in [3.8, 4) is 0 Å². The Kier molecular flexibility index (Phi) is 4.09. The van der Waals surface area contributed by atoms with Crippen LogP contribution in [0.2, 0.25) is 0 Å². The first-order chi connectivity index (χ1) is 8.56. The molecule has 0 saturated heterocycles. The topological polar surface area (TPSA) is 29.1 Å². The third-order valence-corrected chi connectivity index (χ3v) is 3.36.